The smallest absolute Gasteiger partial charge is 0.469 e. The van der Waals surface area contributed by atoms with Gasteiger partial charge in [0, 0.05) is 11.6 Å². The van der Waals surface area contributed by atoms with Gasteiger partial charge in [0.2, 0.25) is 5.88 Å². The van der Waals surface area contributed by atoms with Gasteiger partial charge in [-0.25, -0.2) is 0 Å². The van der Waals surface area contributed by atoms with E-state index in [1.54, 1.807) is 0 Å². The van der Waals surface area contributed by atoms with Crippen molar-refractivity contribution in [3.05, 3.63) is 27.5 Å². The third kappa shape index (κ3) is 4.68. The van der Waals surface area contributed by atoms with Gasteiger partial charge >= 0.3 is 18.5 Å². The Morgan fingerprint density at radius 2 is 1.81 bits per heavy atom. The standard InChI is InChI=1S/C10H7F6NO4/c1-20-7(19)2-4-5(9(11,12)13)3-6(18)17-8(4)21-10(14,15)16/h3H,2H2,1H3,(H,17,18). The molecule has 1 N–H and O–H groups in total. The first-order valence-corrected chi connectivity index (χ1v) is 5.10. The van der Waals surface area contributed by atoms with Crippen molar-refractivity contribution in [3.63, 3.8) is 0 Å². The Labute approximate surface area is 112 Å². The number of rotatable bonds is 3. The van der Waals surface area contributed by atoms with E-state index in [1.807, 2.05) is 0 Å². The second kappa shape index (κ2) is 5.66. The van der Waals surface area contributed by atoms with Gasteiger partial charge in [0.15, 0.2) is 0 Å². The van der Waals surface area contributed by atoms with Crippen LogP contribution in [0.1, 0.15) is 11.1 Å². The monoisotopic (exact) mass is 319 g/mol. The molecule has 0 amide bonds. The predicted octanol–water partition coefficient (Wildman–Crippen LogP) is 2.01. The third-order valence-electron chi connectivity index (χ3n) is 2.18. The Morgan fingerprint density at radius 1 is 1.24 bits per heavy atom. The summed E-state index contributed by atoms with van der Waals surface area (Å²) in [7, 11) is 0.839. The molecule has 0 bridgehead atoms. The molecule has 0 spiro atoms. The highest BCUT2D eigenvalue weighted by atomic mass is 19.4. The van der Waals surface area contributed by atoms with Gasteiger partial charge in [-0.05, 0) is 0 Å². The lowest BCUT2D eigenvalue weighted by Gasteiger charge is -2.16. The fourth-order valence-electron chi connectivity index (χ4n) is 1.41. The molecule has 0 aliphatic heterocycles. The average Bonchev–Trinajstić information content (AvgIpc) is 2.28. The van der Waals surface area contributed by atoms with Crippen molar-refractivity contribution in [2.75, 3.05) is 7.11 Å². The maximum Gasteiger partial charge on any atom is 0.574 e. The van der Waals surface area contributed by atoms with Crippen LogP contribution in [0.2, 0.25) is 0 Å². The van der Waals surface area contributed by atoms with Crippen molar-refractivity contribution in [1.29, 1.82) is 0 Å². The molecule has 0 fully saturated rings. The molecule has 1 aromatic heterocycles. The highest BCUT2D eigenvalue weighted by molar-refractivity contribution is 5.73. The Kier molecular flexibility index (Phi) is 4.54. The van der Waals surface area contributed by atoms with Gasteiger partial charge in [-0.15, -0.1) is 13.2 Å². The summed E-state index contributed by atoms with van der Waals surface area (Å²) in [5.41, 5.74) is -4.35. The summed E-state index contributed by atoms with van der Waals surface area (Å²) in [5, 5.41) is 0. The number of alkyl halides is 6. The number of methoxy groups -OCH3 is 1. The number of carbonyl (C=O) groups is 1. The predicted molar refractivity (Wildman–Crippen MR) is 54.5 cm³/mol. The van der Waals surface area contributed by atoms with Crippen LogP contribution in [0.25, 0.3) is 0 Å². The van der Waals surface area contributed by atoms with Crippen LogP contribution < -0.4 is 10.3 Å². The highest BCUT2D eigenvalue weighted by Gasteiger charge is 2.39. The number of esters is 1. The molecule has 118 valence electrons. The minimum Gasteiger partial charge on any atom is -0.469 e. The lowest BCUT2D eigenvalue weighted by Crippen LogP contribution is -2.25. The van der Waals surface area contributed by atoms with Crippen LogP contribution in [0, 0.1) is 0 Å². The van der Waals surface area contributed by atoms with Gasteiger partial charge in [0.05, 0.1) is 19.1 Å². The summed E-state index contributed by atoms with van der Waals surface area (Å²) in [4.78, 5) is 23.5. The van der Waals surface area contributed by atoms with Crippen LogP contribution >= 0.6 is 0 Å². The number of nitrogens with one attached hydrogen (secondary N) is 1. The zero-order chi connectivity index (χ0) is 16.4. The molecule has 0 radical (unpaired) electrons. The zero-order valence-corrected chi connectivity index (χ0v) is 10.2. The Morgan fingerprint density at radius 3 is 2.24 bits per heavy atom. The van der Waals surface area contributed by atoms with Gasteiger partial charge in [-0.2, -0.15) is 13.2 Å². The maximum atomic E-state index is 12.8. The molecule has 1 heterocycles. The summed E-state index contributed by atoms with van der Waals surface area (Å²) < 4.78 is 82.2. The molecule has 1 rings (SSSR count). The fourth-order valence-corrected chi connectivity index (χ4v) is 1.41. The Bertz CT molecular complexity index is 589. The lowest BCUT2D eigenvalue weighted by atomic mass is 10.1. The molecule has 0 aliphatic rings. The summed E-state index contributed by atoms with van der Waals surface area (Å²) in [6, 6.07) is 0.0293. The van der Waals surface area contributed by atoms with E-state index in [0.717, 1.165) is 7.11 Å². The van der Waals surface area contributed by atoms with Gasteiger partial charge < -0.3 is 9.47 Å². The molecular formula is C10H7F6NO4. The molecule has 0 saturated carbocycles. The van der Waals surface area contributed by atoms with E-state index in [4.69, 9.17) is 0 Å². The number of H-pyrrole nitrogens is 1. The number of carbonyl (C=O) groups excluding carboxylic acids is 1. The molecule has 0 atom stereocenters. The number of hydrogen-bond acceptors (Lipinski definition) is 4. The van der Waals surface area contributed by atoms with Crippen LogP contribution in [-0.4, -0.2) is 24.4 Å². The van der Waals surface area contributed by atoms with E-state index < -0.39 is 47.5 Å². The summed E-state index contributed by atoms with van der Waals surface area (Å²) >= 11 is 0. The topological polar surface area (TPSA) is 68.4 Å². The first-order chi connectivity index (χ1) is 9.44. The van der Waals surface area contributed by atoms with Crippen molar-refractivity contribution >= 4 is 5.97 Å². The molecule has 5 nitrogen and oxygen atoms in total. The SMILES string of the molecule is COC(=O)Cc1c(C(F)(F)F)cc(=O)[nH]c1OC(F)(F)F. The zero-order valence-electron chi connectivity index (χ0n) is 10.2. The lowest BCUT2D eigenvalue weighted by molar-refractivity contribution is -0.276. The fraction of sp³-hybridized carbons (Fsp3) is 0.400. The van der Waals surface area contributed by atoms with E-state index in [9.17, 15) is 35.9 Å². The quantitative estimate of drug-likeness (QED) is 0.683. The molecule has 0 saturated heterocycles. The maximum absolute atomic E-state index is 12.8. The number of ether oxygens (including phenoxy) is 2. The van der Waals surface area contributed by atoms with Crippen LogP contribution in [0.15, 0.2) is 10.9 Å². The summed E-state index contributed by atoms with van der Waals surface area (Å²) in [6.07, 6.45) is -11.7. The Hall–Kier alpha value is -2.20. The Balaban J connectivity index is 3.50. The molecule has 0 aromatic carbocycles. The first kappa shape index (κ1) is 16.9. The van der Waals surface area contributed by atoms with Crippen molar-refractivity contribution in [1.82, 2.24) is 4.98 Å². The number of pyridine rings is 1. The van der Waals surface area contributed by atoms with E-state index in [-0.39, 0.29) is 6.07 Å². The third-order valence-corrected chi connectivity index (χ3v) is 2.18. The van der Waals surface area contributed by atoms with Gasteiger partial charge in [0.1, 0.15) is 0 Å². The number of aromatic nitrogens is 1. The van der Waals surface area contributed by atoms with Crippen LogP contribution in [-0.2, 0) is 22.1 Å². The molecule has 21 heavy (non-hydrogen) atoms. The second-order valence-corrected chi connectivity index (χ2v) is 3.65. The second-order valence-electron chi connectivity index (χ2n) is 3.65. The molecule has 0 unspecified atom stereocenters. The van der Waals surface area contributed by atoms with Crippen molar-refractivity contribution < 1.29 is 40.6 Å². The van der Waals surface area contributed by atoms with Gasteiger partial charge in [0.25, 0.3) is 5.56 Å². The van der Waals surface area contributed by atoms with E-state index in [0.29, 0.717) is 0 Å². The minimum absolute atomic E-state index is 0.0293. The number of hydrogen-bond donors (Lipinski definition) is 1. The normalized spacial score (nSPS) is 12.1. The molecule has 0 aliphatic carbocycles. The van der Waals surface area contributed by atoms with Crippen molar-refractivity contribution in [2.24, 2.45) is 0 Å². The summed E-state index contributed by atoms with van der Waals surface area (Å²) in [6.45, 7) is 0. The number of halogens is 6. The van der Waals surface area contributed by atoms with Crippen molar-refractivity contribution in [3.8, 4) is 5.88 Å². The van der Waals surface area contributed by atoms with E-state index in [1.165, 1.54) is 4.98 Å². The highest BCUT2D eigenvalue weighted by Crippen LogP contribution is 2.36. The minimum atomic E-state index is -5.35. The molecule has 1 aromatic rings. The molecule has 11 heteroatoms. The first-order valence-electron chi connectivity index (χ1n) is 5.10. The largest absolute Gasteiger partial charge is 0.574 e. The average molecular weight is 319 g/mol. The van der Waals surface area contributed by atoms with Crippen LogP contribution in [0.3, 0.4) is 0 Å². The van der Waals surface area contributed by atoms with Crippen molar-refractivity contribution in [2.45, 2.75) is 19.0 Å². The van der Waals surface area contributed by atoms with Crippen LogP contribution in [0.4, 0.5) is 26.3 Å². The van der Waals surface area contributed by atoms with E-state index in [2.05, 4.69) is 9.47 Å². The summed E-state index contributed by atoms with van der Waals surface area (Å²) in [5.74, 6) is -2.74. The number of aromatic amines is 1. The van der Waals surface area contributed by atoms with E-state index >= 15 is 0 Å². The molecular weight excluding hydrogens is 312 g/mol. The van der Waals surface area contributed by atoms with Crippen LogP contribution in [0.5, 0.6) is 5.88 Å². The van der Waals surface area contributed by atoms with Gasteiger partial charge in [-0.1, -0.05) is 0 Å². The van der Waals surface area contributed by atoms with Gasteiger partial charge in [-0.3, -0.25) is 14.6 Å².